The monoisotopic (exact) mass is 291 g/mol. The van der Waals surface area contributed by atoms with Crippen LogP contribution in [0.3, 0.4) is 0 Å². The Morgan fingerprint density at radius 1 is 1.25 bits per heavy atom. The predicted molar refractivity (Wildman–Crippen MR) is 82.0 cm³/mol. The molecule has 1 aromatic heterocycles. The molecule has 108 valence electrons. The molecule has 1 aromatic carbocycles. The summed E-state index contributed by atoms with van der Waals surface area (Å²) < 4.78 is 5.38. The fourth-order valence-electron chi connectivity index (χ4n) is 2.04. The maximum atomic E-state index is 5.38. The van der Waals surface area contributed by atoms with Gasteiger partial charge in [-0.05, 0) is 24.6 Å². The quantitative estimate of drug-likeness (QED) is 0.793. The number of rotatable bonds is 7. The van der Waals surface area contributed by atoms with Gasteiger partial charge in [-0.25, -0.2) is 0 Å². The second-order valence-electron chi connectivity index (χ2n) is 4.73. The molecule has 0 amide bonds. The minimum Gasteiger partial charge on any atom is -0.416 e. The Hall–Kier alpha value is -1.33. The molecule has 0 aliphatic heterocycles. The summed E-state index contributed by atoms with van der Waals surface area (Å²) in [5.74, 6) is 1.48. The largest absolute Gasteiger partial charge is 0.416 e. The van der Waals surface area contributed by atoms with Crippen LogP contribution >= 0.6 is 11.8 Å². The van der Waals surface area contributed by atoms with Crippen LogP contribution in [0.5, 0.6) is 0 Å². The van der Waals surface area contributed by atoms with Crippen molar-refractivity contribution in [3.63, 3.8) is 0 Å². The van der Waals surface area contributed by atoms with Gasteiger partial charge >= 0.3 is 0 Å². The summed E-state index contributed by atoms with van der Waals surface area (Å²) in [5, 5.41) is 11.8. The van der Waals surface area contributed by atoms with Crippen molar-refractivity contribution in [1.29, 1.82) is 0 Å². The molecule has 1 atom stereocenters. The van der Waals surface area contributed by atoms with Gasteiger partial charge in [-0.15, -0.1) is 10.2 Å². The van der Waals surface area contributed by atoms with Gasteiger partial charge in [0, 0.05) is 18.7 Å². The molecule has 0 spiro atoms. The van der Waals surface area contributed by atoms with Crippen molar-refractivity contribution >= 4 is 11.8 Å². The number of nitrogens with one attached hydrogen (secondary N) is 1. The average molecular weight is 291 g/mol. The molecule has 2 rings (SSSR count). The van der Waals surface area contributed by atoms with Gasteiger partial charge in [0.1, 0.15) is 0 Å². The summed E-state index contributed by atoms with van der Waals surface area (Å²) in [6, 6.07) is 9.11. The predicted octanol–water partition coefficient (Wildman–Crippen LogP) is 3.38. The Morgan fingerprint density at radius 2 is 2.00 bits per heavy atom. The zero-order valence-electron chi connectivity index (χ0n) is 12.2. The van der Waals surface area contributed by atoms with Gasteiger partial charge in [-0.3, -0.25) is 0 Å². The van der Waals surface area contributed by atoms with Crippen LogP contribution in [-0.2, 0) is 6.42 Å². The van der Waals surface area contributed by atoms with Crippen molar-refractivity contribution in [3.8, 4) is 0 Å². The third-order valence-corrected chi connectivity index (χ3v) is 4.06. The van der Waals surface area contributed by atoms with Crippen molar-refractivity contribution in [1.82, 2.24) is 15.5 Å². The summed E-state index contributed by atoms with van der Waals surface area (Å²) >= 11 is 1.58. The molecule has 1 N–H and O–H groups in total. The topological polar surface area (TPSA) is 51.0 Å². The summed E-state index contributed by atoms with van der Waals surface area (Å²) in [5.41, 5.74) is 2.68. The zero-order valence-corrected chi connectivity index (χ0v) is 13.0. The van der Waals surface area contributed by atoms with E-state index in [1.165, 1.54) is 17.5 Å². The first-order valence-electron chi connectivity index (χ1n) is 6.92. The van der Waals surface area contributed by atoms with Gasteiger partial charge < -0.3 is 9.73 Å². The smallest absolute Gasteiger partial charge is 0.276 e. The van der Waals surface area contributed by atoms with Crippen LogP contribution in [-0.4, -0.2) is 23.0 Å². The van der Waals surface area contributed by atoms with E-state index in [9.17, 15) is 0 Å². The summed E-state index contributed by atoms with van der Waals surface area (Å²) in [6.45, 7) is 4.01. The Kier molecular flexibility index (Phi) is 5.61. The first-order chi connectivity index (χ1) is 9.72. The third-order valence-electron chi connectivity index (χ3n) is 3.15. The first kappa shape index (κ1) is 15.1. The SMILES string of the molecule is CCCc1ccc(C(CSc2nnc(C)o2)NC)cc1. The molecular weight excluding hydrogens is 270 g/mol. The fourth-order valence-corrected chi connectivity index (χ4v) is 2.99. The highest BCUT2D eigenvalue weighted by Crippen LogP contribution is 2.24. The molecule has 0 aliphatic carbocycles. The van der Waals surface area contributed by atoms with Crippen LogP contribution in [0.1, 0.15) is 36.4 Å². The molecule has 0 saturated carbocycles. The van der Waals surface area contributed by atoms with Crippen molar-refractivity contribution in [2.45, 2.75) is 38.0 Å². The van der Waals surface area contributed by atoms with E-state index in [-0.39, 0.29) is 6.04 Å². The molecule has 2 aromatic rings. The Bertz CT molecular complexity index is 524. The molecule has 5 heteroatoms. The maximum absolute atomic E-state index is 5.38. The maximum Gasteiger partial charge on any atom is 0.276 e. The molecule has 1 heterocycles. The lowest BCUT2D eigenvalue weighted by atomic mass is 10.0. The molecular formula is C15H21N3OS. The Morgan fingerprint density at radius 3 is 2.55 bits per heavy atom. The van der Waals surface area contributed by atoms with Crippen molar-refractivity contribution in [3.05, 3.63) is 41.3 Å². The Balaban J connectivity index is 1.96. The lowest BCUT2D eigenvalue weighted by Crippen LogP contribution is -2.18. The van der Waals surface area contributed by atoms with Gasteiger partial charge in [0.15, 0.2) is 0 Å². The zero-order chi connectivity index (χ0) is 14.4. The van der Waals surface area contributed by atoms with Gasteiger partial charge in [0.05, 0.1) is 0 Å². The van der Waals surface area contributed by atoms with Crippen molar-refractivity contribution < 1.29 is 4.42 Å². The lowest BCUT2D eigenvalue weighted by molar-refractivity contribution is 0.428. The van der Waals surface area contributed by atoms with Crippen LogP contribution in [0.2, 0.25) is 0 Å². The van der Waals surface area contributed by atoms with Crippen molar-refractivity contribution in [2.75, 3.05) is 12.8 Å². The van der Waals surface area contributed by atoms with E-state index in [1.807, 2.05) is 7.05 Å². The van der Waals surface area contributed by atoms with Gasteiger partial charge in [0.2, 0.25) is 5.89 Å². The summed E-state index contributed by atoms with van der Waals surface area (Å²) in [6.07, 6.45) is 2.32. The first-order valence-corrected chi connectivity index (χ1v) is 7.90. The number of aryl methyl sites for hydroxylation is 2. The molecule has 20 heavy (non-hydrogen) atoms. The third kappa shape index (κ3) is 4.08. The second-order valence-corrected chi connectivity index (χ2v) is 5.70. The normalized spacial score (nSPS) is 12.6. The summed E-state index contributed by atoms with van der Waals surface area (Å²) in [4.78, 5) is 0. The van der Waals surface area contributed by atoms with Crippen LogP contribution in [0, 0.1) is 6.92 Å². The van der Waals surface area contributed by atoms with Crippen molar-refractivity contribution in [2.24, 2.45) is 0 Å². The van der Waals surface area contributed by atoms with E-state index in [2.05, 4.69) is 46.7 Å². The van der Waals surface area contributed by atoms with Crippen LogP contribution in [0.15, 0.2) is 33.9 Å². The number of nitrogens with zero attached hydrogens (tertiary/aromatic N) is 2. The molecule has 0 radical (unpaired) electrons. The van der Waals surface area contributed by atoms with E-state index < -0.39 is 0 Å². The van der Waals surface area contributed by atoms with E-state index in [4.69, 9.17) is 4.42 Å². The van der Waals surface area contributed by atoms with E-state index in [0.717, 1.165) is 12.2 Å². The van der Waals surface area contributed by atoms with E-state index in [1.54, 1.807) is 18.7 Å². The van der Waals surface area contributed by atoms with E-state index >= 15 is 0 Å². The van der Waals surface area contributed by atoms with Crippen LogP contribution < -0.4 is 5.32 Å². The number of hydrogen-bond acceptors (Lipinski definition) is 5. The molecule has 0 fully saturated rings. The molecule has 0 saturated heterocycles. The van der Waals surface area contributed by atoms with Gasteiger partial charge in [0.25, 0.3) is 5.22 Å². The lowest BCUT2D eigenvalue weighted by Gasteiger charge is -2.15. The summed E-state index contributed by atoms with van der Waals surface area (Å²) in [7, 11) is 1.98. The molecule has 0 bridgehead atoms. The van der Waals surface area contributed by atoms with Crippen LogP contribution in [0.4, 0.5) is 0 Å². The molecule has 4 nitrogen and oxygen atoms in total. The molecule has 0 aliphatic rings. The highest BCUT2D eigenvalue weighted by atomic mass is 32.2. The number of benzene rings is 1. The highest BCUT2D eigenvalue weighted by Gasteiger charge is 2.12. The molecule has 1 unspecified atom stereocenters. The number of aromatic nitrogens is 2. The minimum absolute atomic E-state index is 0.280. The number of hydrogen-bond donors (Lipinski definition) is 1. The van der Waals surface area contributed by atoms with Crippen LogP contribution in [0.25, 0.3) is 0 Å². The second kappa shape index (κ2) is 7.45. The standard InChI is InChI=1S/C15H21N3OS/c1-4-5-12-6-8-13(9-7-12)14(16-3)10-20-15-18-17-11(2)19-15/h6-9,14,16H,4-5,10H2,1-3H3. The van der Waals surface area contributed by atoms with Gasteiger partial charge in [-0.1, -0.05) is 49.4 Å². The number of thioether (sulfide) groups is 1. The minimum atomic E-state index is 0.280. The fraction of sp³-hybridized carbons (Fsp3) is 0.467. The average Bonchev–Trinajstić information content (AvgIpc) is 2.87. The van der Waals surface area contributed by atoms with E-state index in [0.29, 0.717) is 11.1 Å². The van der Waals surface area contributed by atoms with Gasteiger partial charge in [-0.2, -0.15) is 0 Å². The highest BCUT2D eigenvalue weighted by molar-refractivity contribution is 7.99. The Labute approximate surface area is 124 Å².